The van der Waals surface area contributed by atoms with E-state index in [0.29, 0.717) is 15.7 Å². The van der Waals surface area contributed by atoms with E-state index in [0.717, 1.165) is 22.5 Å². The summed E-state index contributed by atoms with van der Waals surface area (Å²) in [4.78, 5) is 4.11. The Morgan fingerprint density at radius 1 is 1.06 bits per heavy atom. The summed E-state index contributed by atoms with van der Waals surface area (Å²) in [5, 5.41) is 1.36. The summed E-state index contributed by atoms with van der Waals surface area (Å²) in [6.07, 6.45) is 0. The van der Waals surface area contributed by atoms with Crippen LogP contribution in [0.2, 0.25) is 4.47 Å². The maximum absolute atomic E-state index is 13.6. The zero-order valence-corrected chi connectivity index (χ0v) is 10.1. The Labute approximate surface area is 106 Å². The van der Waals surface area contributed by atoms with Crippen LogP contribution in [-0.2, 0) is 0 Å². The van der Waals surface area contributed by atoms with Crippen molar-refractivity contribution in [2.45, 2.75) is 0 Å². The molecule has 0 aliphatic heterocycles. The fraction of sp³-hybridized carbons (Fsp3) is 0. The van der Waals surface area contributed by atoms with Gasteiger partial charge in [0.2, 0.25) is 4.47 Å². The van der Waals surface area contributed by atoms with Crippen molar-refractivity contribution in [3.8, 4) is 11.4 Å². The van der Waals surface area contributed by atoms with Gasteiger partial charge in [-0.25, -0.2) is 9.37 Å². The second kappa shape index (κ2) is 4.05. The maximum Gasteiger partial charge on any atom is 0.203 e. The third-order valence-corrected chi connectivity index (χ3v) is 3.31. The monoisotopic (exact) mass is 264 g/mol. The summed E-state index contributed by atoms with van der Waals surface area (Å²) in [7, 11) is 0. The fourth-order valence-electron chi connectivity index (χ4n) is 1.77. The summed E-state index contributed by atoms with van der Waals surface area (Å²) < 4.78 is 18.1. The van der Waals surface area contributed by atoms with Gasteiger partial charge in [0.25, 0.3) is 0 Å². The molecule has 0 fully saturated rings. The number of benzene rings is 2. The highest BCUT2D eigenvalue weighted by Gasteiger charge is 2.11. The highest BCUT2D eigenvalue weighted by Crippen LogP contribution is 2.29. The van der Waals surface area contributed by atoms with Crippen molar-refractivity contribution in [1.82, 2.24) is 9.36 Å². The average Bonchev–Trinajstić information content (AvgIpc) is 2.77. The zero-order valence-electron chi connectivity index (χ0n) is 8.52. The molecule has 2 aromatic carbocycles. The number of halogens is 2. The predicted octanol–water partition coefficient (Wildman–Crippen LogP) is 4.15. The summed E-state index contributed by atoms with van der Waals surface area (Å²) in [6.45, 7) is 0. The second-order valence-electron chi connectivity index (χ2n) is 3.51. The molecule has 0 unspecified atom stereocenters. The van der Waals surface area contributed by atoms with E-state index in [-0.39, 0.29) is 5.82 Å². The molecule has 0 saturated heterocycles. The molecule has 0 radical (unpaired) electrons. The van der Waals surface area contributed by atoms with Crippen molar-refractivity contribution in [3.05, 3.63) is 46.7 Å². The van der Waals surface area contributed by atoms with E-state index in [9.17, 15) is 4.39 Å². The maximum atomic E-state index is 13.6. The fourth-order valence-corrected chi connectivity index (χ4v) is 2.38. The van der Waals surface area contributed by atoms with E-state index in [2.05, 4.69) is 9.36 Å². The molecule has 3 rings (SSSR count). The molecule has 0 amide bonds. The smallest absolute Gasteiger partial charge is 0.203 e. The first kappa shape index (κ1) is 10.6. The van der Waals surface area contributed by atoms with E-state index >= 15 is 0 Å². The lowest BCUT2D eigenvalue weighted by molar-refractivity contribution is 0.640. The standard InChI is InChI=1S/C12H6ClFN2S/c13-12-15-11(16-17-12)9-5-6-10(14)8-4-2-1-3-7(8)9/h1-6H. The molecule has 0 atom stereocenters. The molecule has 0 aliphatic rings. The van der Waals surface area contributed by atoms with Gasteiger partial charge in [0.05, 0.1) is 0 Å². The molecule has 17 heavy (non-hydrogen) atoms. The topological polar surface area (TPSA) is 25.8 Å². The number of rotatable bonds is 1. The van der Waals surface area contributed by atoms with Gasteiger partial charge in [-0.2, -0.15) is 4.37 Å². The first-order valence-electron chi connectivity index (χ1n) is 4.92. The van der Waals surface area contributed by atoms with E-state index < -0.39 is 0 Å². The predicted molar refractivity (Wildman–Crippen MR) is 67.8 cm³/mol. The van der Waals surface area contributed by atoms with Gasteiger partial charge in [0.1, 0.15) is 5.82 Å². The van der Waals surface area contributed by atoms with Crippen LogP contribution in [0, 0.1) is 5.82 Å². The second-order valence-corrected chi connectivity index (χ2v) is 4.85. The minimum absolute atomic E-state index is 0.245. The summed E-state index contributed by atoms with van der Waals surface area (Å²) in [5.74, 6) is 0.293. The Bertz CT molecular complexity index is 696. The van der Waals surface area contributed by atoms with Crippen LogP contribution in [0.25, 0.3) is 22.2 Å². The van der Waals surface area contributed by atoms with E-state index in [4.69, 9.17) is 11.6 Å². The Kier molecular flexibility index (Phi) is 2.53. The van der Waals surface area contributed by atoms with Gasteiger partial charge in [-0.1, -0.05) is 24.3 Å². The largest absolute Gasteiger partial charge is 0.206 e. The highest BCUT2D eigenvalue weighted by molar-refractivity contribution is 7.10. The quantitative estimate of drug-likeness (QED) is 0.660. The van der Waals surface area contributed by atoms with Crippen LogP contribution in [0.4, 0.5) is 4.39 Å². The molecular weight excluding hydrogens is 259 g/mol. The van der Waals surface area contributed by atoms with Crippen LogP contribution >= 0.6 is 23.1 Å². The average molecular weight is 265 g/mol. The van der Waals surface area contributed by atoms with Gasteiger partial charge in [0, 0.05) is 10.9 Å². The molecule has 0 N–H and O–H groups in total. The van der Waals surface area contributed by atoms with Crippen molar-refractivity contribution < 1.29 is 4.39 Å². The van der Waals surface area contributed by atoms with E-state index in [1.54, 1.807) is 18.2 Å². The van der Waals surface area contributed by atoms with E-state index in [1.165, 1.54) is 6.07 Å². The molecular formula is C12H6ClFN2S. The molecule has 0 saturated carbocycles. The minimum Gasteiger partial charge on any atom is -0.206 e. The highest BCUT2D eigenvalue weighted by atomic mass is 35.5. The van der Waals surface area contributed by atoms with Crippen LogP contribution in [-0.4, -0.2) is 9.36 Å². The van der Waals surface area contributed by atoms with Gasteiger partial charge in [-0.15, -0.1) is 0 Å². The summed E-state index contributed by atoms with van der Waals surface area (Å²) in [5.41, 5.74) is 0.796. The zero-order chi connectivity index (χ0) is 11.8. The number of hydrogen-bond donors (Lipinski definition) is 0. The van der Waals surface area contributed by atoms with Crippen molar-refractivity contribution in [1.29, 1.82) is 0 Å². The molecule has 5 heteroatoms. The normalized spacial score (nSPS) is 10.9. The van der Waals surface area contributed by atoms with Crippen LogP contribution in [0.5, 0.6) is 0 Å². The van der Waals surface area contributed by atoms with Crippen molar-refractivity contribution in [2.24, 2.45) is 0 Å². The van der Waals surface area contributed by atoms with Gasteiger partial charge in [0.15, 0.2) is 5.82 Å². The molecule has 2 nitrogen and oxygen atoms in total. The van der Waals surface area contributed by atoms with Crippen LogP contribution in [0.3, 0.4) is 0 Å². The SMILES string of the molecule is Fc1ccc(-c2nsc(Cl)n2)c2ccccc12. The number of hydrogen-bond acceptors (Lipinski definition) is 3. The van der Waals surface area contributed by atoms with Gasteiger partial charge in [-0.05, 0) is 40.7 Å². The lowest BCUT2D eigenvalue weighted by atomic mass is 10.0. The first-order valence-corrected chi connectivity index (χ1v) is 6.07. The Morgan fingerprint density at radius 2 is 1.82 bits per heavy atom. The molecule has 0 bridgehead atoms. The van der Waals surface area contributed by atoms with Crippen molar-refractivity contribution in [2.75, 3.05) is 0 Å². The molecule has 3 aromatic rings. The molecule has 0 spiro atoms. The Morgan fingerprint density at radius 3 is 2.53 bits per heavy atom. The lowest BCUT2D eigenvalue weighted by Crippen LogP contribution is -1.86. The van der Waals surface area contributed by atoms with Crippen LogP contribution in [0.15, 0.2) is 36.4 Å². The van der Waals surface area contributed by atoms with Crippen molar-refractivity contribution >= 4 is 33.9 Å². The molecule has 1 aromatic heterocycles. The van der Waals surface area contributed by atoms with E-state index in [1.807, 2.05) is 12.1 Å². The number of fused-ring (bicyclic) bond motifs is 1. The number of aromatic nitrogens is 2. The van der Waals surface area contributed by atoms with Crippen LogP contribution in [0.1, 0.15) is 0 Å². The van der Waals surface area contributed by atoms with Gasteiger partial charge < -0.3 is 0 Å². The van der Waals surface area contributed by atoms with Crippen LogP contribution < -0.4 is 0 Å². The summed E-state index contributed by atoms with van der Waals surface area (Å²) >= 11 is 6.89. The molecule has 0 aliphatic carbocycles. The Balaban J connectivity index is 2.34. The lowest BCUT2D eigenvalue weighted by Gasteiger charge is -2.03. The summed E-state index contributed by atoms with van der Waals surface area (Å²) in [6, 6.07) is 10.4. The minimum atomic E-state index is -0.245. The van der Waals surface area contributed by atoms with Crippen molar-refractivity contribution in [3.63, 3.8) is 0 Å². The first-order chi connectivity index (χ1) is 8.25. The Hall–Kier alpha value is -1.52. The molecule has 84 valence electrons. The van der Waals surface area contributed by atoms with Gasteiger partial charge in [-0.3, -0.25) is 0 Å². The third-order valence-electron chi connectivity index (χ3n) is 2.51. The number of nitrogens with zero attached hydrogens (tertiary/aromatic N) is 2. The third kappa shape index (κ3) is 1.79. The molecule has 1 heterocycles. The van der Waals surface area contributed by atoms with Gasteiger partial charge >= 0.3 is 0 Å².